The number of hydrazone groups is 1. The number of carbonyl (C=O) groups is 2. The second-order valence-corrected chi connectivity index (χ2v) is 6.43. The van der Waals surface area contributed by atoms with Crippen LogP contribution in [-0.2, 0) is 10.3 Å². The van der Waals surface area contributed by atoms with E-state index in [9.17, 15) is 9.59 Å². The van der Waals surface area contributed by atoms with Crippen molar-refractivity contribution >= 4 is 29.2 Å². The van der Waals surface area contributed by atoms with E-state index in [1.54, 1.807) is 31.2 Å². The standard InChI is InChI=1S/C20H17N5O3/c1-20(13-6-5-7-15(10-13)28-2)18(26)25(19(27)24-20)22-12-14-11-21-16-8-3-4-9-17(16)23-14/h3-12H,1-2H3,(H,24,27)/b22-12-/t20-/m0/s1. The van der Waals surface area contributed by atoms with Crippen LogP contribution in [0.15, 0.2) is 59.8 Å². The fourth-order valence-corrected chi connectivity index (χ4v) is 3.01. The van der Waals surface area contributed by atoms with E-state index in [2.05, 4.69) is 20.4 Å². The molecule has 1 saturated heterocycles. The Bertz CT molecular complexity index is 1110. The molecule has 0 unspecified atom stereocenters. The molecule has 1 N–H and O–H groups in total. The fraction of sp³-hybridized carbons (Fsp3) is 0.150. The molecule has 2 aromatic carbocycles. The molecule has 3 amide bonds. The molecule has 3 aromatic rings. The van der Waals surface area contributed by atoms with Crippen molar-refractivity contribution in [3.05, 3.63) is 66.0 Å². The molecule has 0 aliphatic carbocycles. The van der Waals surface area contributed by atoms with Gasteiger partial charge < -0.3 is 10.1 Å². The monoisotopic (exact) mass is 375 g/mol. The summed E-state index contributed by atoms with van der Waals surface area (Å²) < 4.78 is 5.21. The van der Waals surface area contributed by atoms with E-state index in [0.717, 1.165) is 10.5 Å². The molecule has 4 rings (SSSR count). The Labute approximate surface area is 160 Å². The van der Waals surface area contributed by atoms with Crippen LogP contribution in [0.2, 0.25) is 0 Å². The van der Waals surface area contributed by atoms with Gasteiger partial charge in [0.25, 0.3) is 5.91 Å². The van der Waals surface area contributed by atoms with Crippen LogP contribution in [0.1, 0.15) is 18.2 Å². The third-order valence-electron chi connectivity index (χ3n) is 4.59. The number of rotatable bonds is 4. The van der Waals surface area contributed by atoms with Crippen molar-refractivity contribution in [2.75, 3.05) is 7.11 Å². The molecule has 140 valence electrons. The summed E-state index contributed by atoms with van der Waals surface area (Å²) in [5.41, 5.74) is 1.26. The number of aromatic nitrogens is 2. The zero-order valence-electron chi connectivity index (χ0n) is 15.3. The Kier molecular flexibility index (Phi) is 4.23. The summed E-state index contributed by atoms with van der Waals surface area (Å²) in [6.07, 6.45) is 2.87. The van der Waals surface area contributed by atoms with E-state index in [-0.39, 0.29) is 0 Å². The number of methoxy groups -OCH3 is 1. The fourth-order valence-electron chi connectivity index (χ4n) is 3.01. The van der Waals surface area contributed by atoms with Gasteiger partial charge in [0.2, 0.25) is 0 Å². The quantitative estimate of drug-likeness (QED) is 0.558. The maximum atomic E-state index is 12.9. The van der Waals surface area contributed by atoms with Crippen LogP contribution in [0.25, 0.3) is 11.0 Å². The van der Waals surface area contributed by atoms with Gasteiger partial charge in [-0.2, -0.15) is 5.10 Å². The number of hydrogen-bond acceptors (Lipinski definition) is 6. The van der Waals surface area contributed by atoms with Gasteiger partial charge in [-0.1, -0.05) is 24.3 Å². The molecule has 8 nitrogen and oxygen atoms in total. The van der Waals surface area contributed by atoms with Gasteiger partial charge in [0.1, 0.15) is 17.0 Å². The second kappa shape index (κ2) is 6.73. The van der Waals surface area contributed by atoms with E-state index < -0.39 is 17.5 Å². The van der Waals surface area contributed by atoms with Crippen LogP contribution in [0.3, 0.4) is 0 Å². The number of carbonyl (C=O) groups excluding carboxylic acids is 2. The van der Waals surface area contributed by atoms with Crippen molar-refractivity contribution in [1.82, 2.24) is 20.3 Å². The lowest BCUT2D eigenvalue weighted by Crippen LogP contribution is -2.40. The summed E-state index contributed by atoms with van der Waals surface area (Å²) in [4.78, 5) is 34.0. The second-order valence-electron chi connectivity index (χ2n) is 6.43. The molecule has 28 heavy (non-hydrogen) atoms. The lowest BCUT2D eigenvalue weighted by molar-refractivity contribution is -0.131. The molecule has 1 atom stereocenters. The minimum atomic E-state index is -1.24. The molecular formula is C20H17N5O3. The van der Waals surface area contributed by atoms with Gasteiger partial charge >= 0.3 is 6.03 Å². The molecule has 2 heterocycles. The van der Waals surface area contributed by atoms with Crippen LogP contribution < -0.4 is 10.1 Å². The summed E-state index contributed by atoms with van der Waals surface area (Å²) in [6.45, 7) is 1.63. The largest absolute Gasteiger partial charge is 0.497 e. The van der Waals surface area contributed by atoms with Gasteiger partial charge in [-0.15, -0.1) is 5.01 Å². The number of imide groups is 1. The van der Waals surface area contributed by atoms with Crippen LogP contribution in [-0.4, -0.2) is 40.2 Å². The van der Waals surface area contributed by atoms with E-state index >= 15 is 0 Å². The Morgan fingerprint density at radius 1 is 1.14 bits per heavy atom. The van der Waals surface area contributed by atoms with E-state index in [0.29, 0.717) is 22.5 Å². The minimum absolute atomic E-state index is 0.439. The summed E-state index contributed by atoms with van der Waals surface area (Å²) in [7, 11) is 1.54. The highest BCUT2D eigenvalue weighted by Gasteiger charge is 2.49. The van der Waals surface area contributed by atoms with Crippen molar-refractivity contribution in [1.29, 1.82) is 0 Å². The molecule has 1 aliphatic rings. The topological polar surface area (TPSA) is 96.8 Å². The summed E-state index contributed by atoms with van der Waals surface area (Å²) in [6, 6.07) is 13.8. The maximum Gasteiger partial charge on any atom is 0.346 e. The molecule has 0 radical (unpaired) electrons. The third-order valence-corrected chi connectivity index (χ3v) is 4.59. The van der Waals surface area contributed by atoms with Crippen LogP contribution in [0.5, 0.6) is 5.75 Å². The molecule has 1 aromatic heterocycles. The first kappa shape index (κ1) is 17.6. The number of urea groups is 1. The minimum Gasteiger partial charge on any atom is -0.497 e. The highest BCUT2D eigenvalue weighted by molar-refractivity contribution is 6.07. The van der Waals surface area contributed by atoms with Crippen molar-refractivity contribution in [3.63, 3.8) is 0 Å². The lowest BCUT2D eigenvalue weighted by atomic mass is 9.92. The zero-order chi connectivity index (χ0) is 19.7. The highest BCUT2D eigenvalue weighted by Crippen LogP contribution is 2.31. The van der Waals surface area contributed by atoms with Gasteiger partial charge in [-0.05, 0) is 36.8 Å². The average molecular weight is 375 g/mol. The first-order chi connectivity index (χ1) is 13.5. The number of nitrogens with one attached hydrogen (secondary N) is 1. The van der Waals surface area contributed by atoms with Crippen LogP contribution in [0, 0.1) is 0 Å². The number of benzene rings is 2. The number of ether oxygens (including phenoxy) is 1. The van der Waals surface area contributed by atoms with Gasteiger partial charge in [0.05, 0.1) is 30.6 Å². The predicted molar refractivity (Wildman–Crippen MR) is 103 cm³/mol. The van der Waals surface area contributed by atoms with E-state index in [1.165, 1.54) is 19.5 Å². The van der Waals surface area contributed by atoms with Gasteiger partial charge in [-0.3, -0.25) is 9.78 Å². The van der Waals surface area contributed by atoms with Crippen molar-refractivity contribution in [3.8, 4) is 5.75 Å². The van der Waals surface area contributed by atoms with E-state index in [4.69, 9.17) is 4.74 Å². The zero-order valence-corrected chi connectivity index (χ0v) is 15.3. The molecule has 1 aliphatic heterocycles. The Hall–Kier alpha value is -3.81. The van der Waals surface area contributed by atoms with Crippen molar-refractivity contribution in [2.24, 2.45) is 5.10 Å². The molecular weight excluding hydrogens is 358 g/mol. The normalized spacial score (nSPS) is 19.4. The molecule has 0 spiro atoms. The average Bonchev–Trinajstić information content (AvgIpc) is 2.95. The summed E-state index contributed by atoms with van der Waals surface area (Å²) in [5, 5.41) is 7.54. The maximum absolute atomic E-state index is 12.9. The van der Waals surface area contributed by atoms with Crippen molar-refractivity contribution in [2.45, 2.75) is 12.5 Å². The van der Waals surface area contributed by atoms with Gasteiger partial charge in [0.15, 0.2) is 0 Å². The molecule has 1 fully saturated rings. The summed E-state index contributed by atoms with van der Waals surface area (Å²) in [5.74, 6) is 0.102. The SMILES string of the molecule is COc1cccc([C@]2(C)NC(=O)N(/N=C\c3cnc4ccccc4n3)C2=O)c1. The first-order valence-corrected chi connectivity index (χ1v) is 8.58. The van der Waals surface area contributed by atoms with E-state index in [1.807, 2.05) is 24.3 Å². The summed E-state index contributed by atoms with van der Waals surface area (Å²) >= 11 is 0. The third kappa shape index (κ3) is 2.94. The number of nitrogens with zero attached hydrogens (tertiary/aromatic N) is 4. The predicted octanol–water partition coefficient (Wildman–Crippen LogP) is 2.44. The lowest BCUT2D eigenvalue weighted by Gasteiger charge is -2.21. The Morgan fingerprint density at radius 2 is 1.93 bits per heavy atom. The molecule has 0 bridgehead atoms. The number of para-hydroxylation sites is 2. The first-order valence-electron chi connectivity index (χ1n) is 8.58. The number of fused-ring (bicyclic) bond motifs is 1. The van der Waals surface area contributed by atoms with Gasteiger partial charge in [0, 0.05) is 0 Å². The molecule has 8 heteroatoms. The van der Waals surface area contributed by atoms with Gasteiger partial charge in [-0.25, -0.2) is 9.78 Å². The van der Waals surface area contributed by atoms with Crippen molar-refractivity contribution < 1.29 is 14.3 Å². The molecule has 0 saturated carbocycles. The number of amides is 3. The Morgan fingerprint density at radius 3 is 2.71 bits per heavy atom. The van der Waals surface area contributed by atoms with Crippen LogP contribution >= 0.6 is 0 Å². The van der Waals surface area contributed by atoms with Crippen LogP contribution in [0.4, 0.5) is 4.79 Å². The highest BCUT2D eigenvalue weighted by atomic mass is 16.5. The smallest absolute Gasteiger partial charge is 0.346 e. The number of hydrogen-bond donors (Lipinski definition) is 1. The Balaban J connectivity index is 1.62.